The second-order valence-corrected chi connectivity index (χ2v) is 8.17. The van der Waals surface area contributed by atoms with Crippen molar-refractivity contribution in [2.24, 2.45) is 5.14 Å². The molecule has 0 aliphatic carbocycles. The molecule has 0 unspecified atom stereocenters. The van der Waals surface area contributed by atoms with Crippen LogP contribution < -0.4 is 9.88 Å². The Bertz CT molecular complexity index is 1370. The summed E-state index contributed by atoms with van der Waals surface area (Å²) in [6.07, 6.45) is 0. The van der Waals surface area contributed by atoms with Crippen molar-refractivity contribution in [2.45, 2.75) is 4.90 Å². The lowest BCUT2D eigenvalue weighted by molar-refractivity contribution is 0.412. The molecule has 9 nitrogen and oxygen atoms in total. The van der Waals surface area contributed by atoms with Crippen molar-refractivity contribution in [3.63, 3.8) is 0 Å². The predicted molar refractivity (Wildman–Crippen MR) is 113 cm³/mol. The molecule has 0 amide bonds. The van der Waals surface area contributed by atoms with E-state index in [0.29, 0.717) is 28.4 Å². The maximum atomic E-state index is 11.6. The molecule has 10 heteroatoms. The smallest absolute Gasteiger partial charge is 0.238 e. The zero-order chi connectivity index (χ0) is 22.2. The van der Waals surface area contributed by atoms with Crippen LogP contribution in [0.3, 0.4) is 0 Å². The number of hydrogen-bond acceptors (Lipinski definition) is 7. The average Bonchev–Trinajstić information content (AvgIpc) is 3.19. The first-order valence-electron chi connectivity index (χ1n) is 9.04. The number of para-hydroxylation sites is 1. The van der Waals surface area contributed by atoms with Crippen LogP contribution >= 0.6 is 0 Å². The summed E-state index contributed by atoms with van der Waals surface area (Å²) in [7, 11) is -2.35. The van der Waals surface area contributed by atoms with Crippen LogP contribution in [0.5, 0.6) is 17.2 Å². The van der Waals surface area contributed by atoms with Crippen LogP contribution in [0.1, 0.15) is 0 Å². The molecule has 158 valence electrons. The highest BCUT2D eigenvalue weighted by atomic mass is 32.2. The molecule has 0 bridgehead atoms. The van der Waals surface area contributed by atoms with Crippen LogP contribution in [-0.4, -0.2) is 40.5 Å². The Hall–Kier alpha value is -3.89. The van der Waals surface area contributed by atoms with Gasteiger partial charge in [-0.05, 0) is 54.6 Å². The molecule has 0 aliphatic heterocycles. The van der Waals surface area contributed by atoms with Gasteiger partial charge in [0.15, 0.2) is 11.6 Å². The van der Waals surface area contributed by atoms with Gasteiger partial charge < -0.3 is 14.9 Å². The van der Waals surface area contributed by atoms with E-state index >= 15 is 0 Å². The first kappa shape index (κ1) is 20.4. The van der Waals surface area contributed by atoms with Gasteiger partial charge in [-0.2, -0.15) is 0 Å². The second kappa shape index (κ2) is 7.74. The Kier molecular flexibility index (Phi) is 5.09. The number of rotatable bonds is 5. The number of phenols is 2. The van der Waals surface area contributed by atoms with E-state index < -0.39 is 10.0 Å². The van der Waals surface area contributed by atoms with E-state index in [0.717, 1.165) is 0 Å². The lowest BCUT2D eigenvalue weighted by Crippen LogP contribution is -2.12. The monoisotopic (exact) mass is 438 g/mol. The molecule has 0 atom stereocenters. The third-order valence-electron chi connectivity index (χ3n) is 4.61. The molecule has 0 saturated heterocycles. The Morgan fingerprint density at radius 3 is 2.26 bits per heavy atom. The summed E-state index contributed by atoms with van der Waals surface area (Å²) in [4.78, 5) is 4.48. The molecular weight excluding hydrogens is 420 g/mol. The van der Waals surface area contributed by atoms with E-state index in [2.05, 4.69) is 10.1 Å². The lowest BCUT2D eigenvalue weighted by Gasteiger charge is -2.08. The second-order valence-electron chi connectivity index (χ2n) is 6.61. The molecule has 4 rings (SSSR count). The number of benzene rings is 3. The number of nitrogens with two attached hydrogens (primary N) is 1. The normalized spacial score (nSPS) is 11.4. The lowest BCUT2D eigenvalue weighted by atomic mass is 10.1. The van der Waals surface area contributed by atoms with Crippen molar-refractivity contribution in [1.29, 1.82) is 0 Å². The molecule has 0 saturated carbocycles. The molecule has 0 fully saturated rings. The van der Waals surface area contributed by atoms with Crippen molar-refractivity contribution in [1.82, 2.24) is 14.8 Å². The molecule has 4 aromatic rings. The van der Waals surface area contributed by atoms with Crippen molar-refractivity contribution >= 4 is 10.0 Å². The predicted octanol–water partition coefficient (Wildman–Crippen LogP) is 2.67. The summed E-state index contributed by atoms with van der Waals surface area (Å²) in [5.74, 6) is 0.916. The molecule has 4 N–H and O–H groups in total. The number of hydrogen-bond donors (Lipinski definition) is 3. The van der Waals surface area contributed by atoms with Crippen molar-refractivity contribution in [3.05, 3.63) is 66.7 Å². The Morgan fingerprint density at radius 1 is 0.935 bits per heavy atom. The van der Waals surface area contributed by atoms with Gasteiger partial charge in [0.1, 0.15) is 17.2 Å². The summed E-state index contributed by atoms with van der Waals surface area (Å²) in [6, 6.07) is 17.0. The number of sulfonamides is 1. The fourth-order valence-corrected chi connectivity index (χ4v) is 3.56. The van der Waals surface area contributed by atoms with Crippen LogP contribution in [0, 0.1) is 0 Å². The van der Waals surface area contributed by atoms with E-state index in [4.69, 9.17) is 9.88 Å². The average molecular weight is 438 g/mol. The Balaban J connectivity index is 1.93. The number of methoxy groups -OCH3 is 1. The highest BCUT2D eigenvalue weighted by Gasteiger charge is 2.20. The number of aromatic hydroxyl groups is 2. The fourth-order valence-electron chi connectivity index (χ4n) is 3.04. The van der Waals surface area contributed by atoms with Gasteiger partial charge in [0.05, 0.1) is 28.8 Å². The van der Waals surface area contributed by atoms with E-state index in [1.165, 1.54) is 48.2 Å². The first-order valence-corrected chi connectivity index (χ1v) is 10.6. The molecule has 1 aromatic heterocycles. The van der Waals surface area contributed by atoms with Gasteiger partial charge in [0, 0.05) is 0 Å². The fraction of sp³-hybridized carbons (Fsp3) is 0.0476. The number of phenolic OH excluding ortho intramolecular Hbond substituents is 2. The highest BCUT2D eigenvalue weighted by Crippen LogP contribution is 2.35. The molecule has 0 radical (unpaired) electrons. The van der Waals surface area contributed by atoms with Gasteiger partial charge in [-0.15, -0.1) is 5.10 Å². The third kappa shape index (κ3) is 3.93. The minimum absolute atomic E-state index is 0.0151. The summed E-state index contributed by atoms with van der Waals surface area (Å²) in [5, 5.41) is 30.4. The number of aromatic nitrogens is 3. The maximum absolute atomic E-state index is 11.6. The summed E-state index contributed by atoms with van der Waals surface area (Å²) >= 11 is 0. The summed E-state index contributed by atoms with van der Waals surface area (Å²) in [5.41, 5.74) is 1.21. The van der Waals surface area contributed by atoms with Gasteiger partial charge in [-0.3, -0.25) is 0 Å². The minimum atomic E-state index is -3.85. The standard InChI is InChI=1S/C21H18N4O5S/c1-30-14-8-11-19(27)17(12-14)20-23-21(16-4-2-3-5-18(16)26)25(24-20)13-6-9-15(10-7-13)31(22,28)29/h2-12,26-27H,1H3,(H2,22,28,29). The molecule has 0 spiro atoms. The summed E-state index contributed by atoms with van der Waals surface area (Å²) < 4.78 is 29.8. The van der Waals surface area contributed by atoms with E-state index in [1.807, 2.05) is 0 Å². The van der Waals surface area contributed by atoms with E-state index in [9.17, 15) is 18.6 Å². The molecule has 0 aliphatic rings. The molecular formula is C21H18N4O5S. The van der Waals surface area contributed by atoms with Gasteiger partial charge in [-0.25, -0.2) is 23.2 Å². The van der Waals surface area contributed by atoms with E-state index in [1.54, 1.807) is 30.3 Å². The topological polar surface area (TPSA) is 141 Å². The molecule has 3 aromatic carbocycles. The van der Waals surface area contributed by atoms with Gasteiger partial charge in [0.25, 0.3) is 0 Å². The largest absolute Gasteiger partial charge is 0.507 e. The minimum Gasteiger partial charge on any atom is -0.507 e. The number of primary sulfonamides is 1. The maximum Gasteiger partial charge on any atom is 0.238 e. The zero-order valence-corrected chi connectivity index (χ0v) is 17.1. The number of ether oxygens (including phenoxy) is 1. The Labute approximate surface area is 178 Å². The van der Waals surface area contributed by atoms with Gasteiger partial charge >= 0.3 is 0 Å². The molecule has 1 heterocycles. The van der Waals surface area contributed by atoms with Crippen LogP contribution in [0.4, 0.5) is 0 Å². The van der Waals surface area contributed by atoms with Crippen LogP contribution in [0.2, 0.25) is 0 Å². The van der Waals surface area contributed by atoms with Crippen LogP contribution in [-0.2, 0) is 10.0 Å². The summed E-state index contributed by atoms with van der Waals surface area (Å²) in [6.45, 7) is 0. The quantitative estimate of drug-likeness (QED) is 0.435. The van der Waals surface area contributed by atoms with E-state index in [-0.39, 0.29) is 22.2 Å². The third-order valence-corrected chi connectivity index (χ3v) is 5.54. The van der Waals surface area contributed by atoms with Crippen molar-refractivity contribution in [2.75, 3.05) is 7.11 Å². The number of nitrogens with zero attached hydrogens (tertiary/aromatic N) is 3. The van der Waals surface area contributed by atoms with Crippen LogP contribution in [0.15, 0.2) is 71.6 Å². The Morgan fingerprint density at radius 2 is 1.61 bits per heavy atom. The SMILES string of the molecule is COc1ccc(O)c(-c2nc(-c3ccccc3O)n(-c3ccc(S(N)(=O)=O)cc3)n2)c1. The molecule has 31 heavy (non-hydrogen) atoms. The first-order chi connectivity index (χ1) is 14.8. The highest BCUT2D eigenvalue weighted by molar-refractivity contribution is 7.89. The van der Waals surface area contributed by atoms with Gasteiger partial charge in [0.2, 0.25) is 10.0 Å². The van der Waals surface area contributed by atoms with Crippen molar-refractivity contribution < 1.29 is 23.4 Å². The zero-order valence-electron chi connectivity index (χ0n) is 16.3. The van der Waals surface area contributed by atoms with Crippen LogP contribution in [0.25, 0.3) is 28.5 Å². The van der Waals surface area contributed by atoms with Crippen molar-refractivity contribution in [3.8, 4) is 45.7 Å². The van der Waals surface area contributed by atoms with Gasteiger partial charge in [-0.1, -0.05) is 12.1 Å².